The molecule has 1 aliphatic carbocycles. The number of oxime groups is 1. The van der Waals surface area contributed by atoms with Gasteiger partial charge in [0.05, 0.1) is 11.8 Å². The van der Waals surface area contributed by atoms with Gasteiger partial charge < -0.3 is 9.94 Å². The van der Waals surface area contributed by atoms with Gasteiger partial charge in [0.1, 0.15) is 5.75 Å². The molecule has 0 spiro atoms. The van der Waals surface area contributed by atoms with E-state index in [0.29, 0.717) is 6.10 Å². The predicted octanol–water partition coefficient (Wildman–Crippen LogP) is 3.38. The molecule has 1 aromatic carbocycles. The quantitative estimate of drug-likeness (QED) is 0.640. The molecule has 0 heterocycles. The average Bonchev–Trinajstić information content (AvgIpc) is 2.78. The molecular weight excluding hydrogens is 214 g/mol. The summed E-state index contributed by atoms with van der Waals surface area (Å²) in [6.45, 7) is 4.27. The van der Waals surface area contributed by atoms with Gasteiger partial charge in [-0.25, -0.2) is 0 Å². The second kappa shape index (κ2) is 5.21. The Morgan fingerprint density at radius 3 is 2.71 bits per heavy atom. The zero-order valence-corrected chi connectivity index (χ0v) is 10.4. The monoisotopic (exact) mass is 233 g/mol. The molecule has 0 aliphatic heterocycles. The summed E-state index contributed by atoms with van der Waals surface area (Å²) < 4.78 is 5.90. The van der Waals surface area contributed by atoms with E-state index in [2.05, 4.69) is 25.1 Å². The Hall–Kier alpha value is -1.51. The van der Waals surface area contributed by atoms with Gasteiger partial charge >= 0.3 is 0 Å². The van der Waals surface area contributed by atoms with Crippen LogP contribution in [0.5, 0.6) is 5.75 Å². The lowest BCUT2D eigenvalue weighted by Gasteiger charge is -2.16. The molecule has 3 nitrogen and oxygen atoms in total. The summed E-state index contributed by atoms with van der Waals surface area (Å²) in [6.07, 6.45) is 4.10. The Morgan fingerprint density at radius 1 is 1.29 bits per heavy atom. The Kier molecular flexibility index (Phi) is 3.67. The third-order valence-electron chi connectivity index (χ3n) is 3.35. The minimum absolute atomic E-state index is 0.292. The number of hydrogen-bond acceptors (Lipinski definition) is 3. The molecule has 0 bridgehead atoms. The minimum Gasteiger partial charge on any atom is -0.490 e. The molecule has 0 saturated carbocycles. The van der Waals surface area contributed by atoms with Gasteiger partial charge in [-0.2, -0.15) is 0 Å². The van der Waals surface area contributed by atoms with Crippen LogP contribution in [-0.2, 0) is 6.42 Å². The van der Waals surface area contributed by atoms with E-state index in [1.54, 1.807) is 0 Å². The van der Waals surface area contributed by atoms with E-state index < -0.39 is 0 Å². The summed E-state index contributed by atoms with van der Waals surface area (Å²) in [5.41, 5.74) is 3.07. The molecule has 0 unspecified atom stereocenters. The maximum atomic E-state index is 8.86. The number of fused-ring (bicyclic) bond motifs is 1. The number of hydrogen-bond donors (Lipinski definition) is 1. The molecular formula is C14H19NO2. The van der Waals surface area contributed by atoms with Crippen LogP contribution in [0.2, 0.25) is 0 Å². The highest BCUT2D eigenvalue weighted by molar-refractivity contribution is 6.04. The van der Waals surface area contributed by atoms with E-state index in [-0.39, 0.29) is 0 Å². The molecule has 0 atom stereocenters. The number of ether oxygens (including phenoxy) is 1. The molecule has 1 N–H and O–H groups in total. The largest absolute Gasteiger partial charge is 0.490 e. The van der Waals surface area contributed by atoms with Crippen molar-refractivity contribution in [1.29, 1.82) is 0 Å². The van der Waals surface area contributed by atoms with Gasteiger partial charge in [0.15, 0.2) is 0 Å². The molecule has 92 valence electrons. The second-order valence-corrected chi connectivity index (χ2v) is 4.42. The van der Waals surface area contributed by atoms with Crippen LogP contribution in [-0.4, -0.2) is 17.0 Å². The van der Waals surface area contributed by atoms with Crippen LogP contribution >= 0.6 is 0 Å². The SMILES string of the molecule is CCC(CC)Oc1ccc2c(c1)CC/C2=N\O. The van der Waals surface area contributed by atoms with Crippen molar-refractivity contribution in [3.05, 3.63) is 29.3 Å². The average molecular weight is 233 g/mol. The van der Waals surface area contributed by atoms with Gasteiger partial charge in [0.25, 0.3) is 0 Å². The molecule has 3 heteroatoms. The summed E-state index contributed by atoms with van der Waals surface area (Å²) in [5.74, 6) is 0.927. The minimum atomic E-state index is 0.292. The van der Waals surface area contributed by atoms with Crippen molar-refractivity contribution in [1.82, 2.24) is 0 Å². The number of rotatable bonds is 4. The molecule has 0 saturated heterocycles. The van der Waals surface area contributed by atoms with Crippen LogP contribution in [0.4, 0.5) is 0 Å². The van der Waals surface area contributed by atoms with Crippen molar-refractivity contribution >= 4 is 5.71 Å². The maximum Gasteiger partial charge on any atom is 0.120 e. The highest BCUT2D eigenvalue weighted by Crippen LogP contribution is 2.27. The van der Waals surface area contributed by atoms with Gasteiger partial charge in [-0.1, -0.05) is 19.0 Å². The van der Waals surface area contributed by atoms with Crippen LogP contribution in [0.25, 0.3) is 0 Å². The fourth-order valence-corrected chi connectivity index (χ4v) is 2.27. The van der Waals surface area contributed by atoms with Crippen molar-refractivity contribution in [3.63, 3.8) is 0 Å². The Balaban J connectivity index is 2.18. The lowest BCUT2D eigenvalue weighted by Crippen LogP contribution is -2.13. The Bertz CT molecular complexity index is 422. The molecule has 17 heavy (non-hydrogen) atoms. The molecule has 0 fully saturated rings. The first kappa shape index (κ1) is 12.0. The summed E-state index contributed by atoms with van der Waals surface area (Å²) in [6, 6.07) is 6.04. The fourth-order valence-electron chi connectivity index (χ4n) is 2.27. The summed E-state index contributed by atoms with van der Waals surface area (Å²) >= 11 is 0. The van der Waals surface area contributed by atoms with Crippen LogP contribution in [0.15, 0.2) is 23.4 Å². The lowest BCUT2D eigenvalue weighted by molar-refractivity contribution is 0.193. The summed E-state index contributed by atoms with van der Waals surface area (Å²) in [5, 5.41) is 12.2. The highest BCUT2D eigenvalue weighted by Gasteiger charge is 2.19. The zero-order chi connectivity index (χ0) is 12.3. The molecule has 1 aromatic rings. The van der Waals surface area contributed by atoms with Crippen LogP contribution < -0.4 is 4.74 Å². The maximum absolute atomic E-state index is 8.86. The number of benzene rings is 1. The van der Waals surface area contributed by atoms with Crippen molar-refractivity contribution in [3.8, 4) is 5.75 Å². The van der Waals surface area contributed by atoms with Crippen molar-refractivity contribution in [2.45, 2.75) is 45.6 Å². The lowest BCUT2D eigenvalue weighted by atomic mass is 10.1. The first-order valence-corrected chi connectivity index (χ1v) is 6.29. The third-order valence-corrected chi connectivity index (χ3v) is 3.35. The molecule has 1 aliphatic rings. The first-order valence-electron chi connectivity index (χ1n) is 6.29. The van der Waals surface area contributed by atoms with Gasteiger partial charge in [0, 0.05) is 5.56 Å². The van der Waals surface area contributed by atoms with E-state index >= 15 is 0 Å². The van der Waals surface area contributed by atoms with Crippen LogP contribution in [0.3, 0.4) is 0 Å². The third kappa shape index (κ3) is 2.43. The van der Waals surface area contributed by atoms with Crippen LogP contribution in [0, 0.1) is 0 Å². The second-order valence-electron chi connectivity index (χ2n) is 4.42. The summed E-state index contributed by atoms with van der Waals surface area (Å²) in [7, 11) is 0. The van der Waals surface area contributed by atoms with Gasteiger partial charge in [-0.15, -0.1) is 0 Å². The Labute approximate surface area is 102 Å². The van der Waals surface area contributed by atoms with E-state index in [1.807, 2.05) is 12.1 Å². The molecule has 0 radical (unpaired) electrons. The highest BCUT2D eigenvalue weighted by atomic mass is 16.5. The fraction of sp³-hybridized carbons (Fsp3) is 0.500. The van der Waals surface area contributed by atoms with Gasteiger partial charge in [-0.05, 0) is 49.4 Å². The molecule has 0 aromatic heterocycles. The zero-order valence-electron chi connectivity index (χ0n) is 10.4. The van der Waals surface area contributed by atoms with Gasteiger partial charge in [0.2, 0.25) is 0 Å². The number of nitrogens with zero attached hydrogens (tertiary/aromatic N) is 1. The summed E-state index contributed by atoms with van der Waals surface area (Å²) in [4.78, 5) is 0. The van der Waals surface area contributed by atoms with Crippen molar-refractivity contribution in [2.75, 3.05) is 0 Å². The number of aryl methyl sites for hydroxylation is 1. The smallest absolute Gasteiger partial charge is 0.120 e. The van der Waals surface area contributed by atoms with E-state index in [9.17, 15) is 0 Å². The van der Waals surface area contributed by atoms with Crippen molar-refractivity contribution in [2.24, 2.45) is 5.16 Å². The molecule has 2 rings (SSSR count). The molecule has 0 amide bonds. The predicted molar refractivity (Wildman–Crippen MR) is 68.1 cm³/mol. The standard InChI is InChI=1S/C14H19NO2/c1-3-11(4-2)17-12-6-7-13-10(9-12)5-8-14(13)15-16/h6-7,9,11,16H,3-5,8H2,1-2H3/b15-14+. The van der Waals surface area contributed by atoms with E-state index in [4.69, 9.17) is 9.94 Å². The van der Waals surface area contributed by atoms with E-state index in [1.165, 1.54) is 5.56 Å². The normalized spacial score (nSPS) is 16.5. The topological polar surface area (TPSA) is 41.8 Å². The van der Waals surface area contributed by atoms with Gasteiger partial charge in [-0.3, -0.25) is 0 Å². The Morgan fingerprint density at radius 2 is 2.06 bits per heavy atom. The van der Waals surface area contributed by atoms with Crippen molar-refractivity contribution < 1.29 is 9.94 Å². The first-order chi connectivity index (χ1) is 8.28. The van der Waals surface area contributed by atoms with Crippen LogP contribution in [0.1, 0.15) is 44.2 Å². The van der Waals surface area contributed by atoms with E-state index in [0.717, 1.165) is 42.7 Å².